The molecular weight excluding hydrogens is 344 g/mol. The first-order chi connectivity index (χ1) is 12.1. The molecule has 1 aromatic carbocycles. The van der Waals surface area contributed by atoms with Crippen LogP contribution in [0.15, 0.2) is 35.1 Å². The third-order valence-corrected chi connectivity index (χ3v) is 3.64. The fraction of sp³-hybridized carbons (Fsp3) is 0.312. The van der Waals surface area contributed by atoms with Gasteiger partial charge in [0.2, 0.25) is 5.91 Å². The number of hydrogen-bond donors (Lipinski definition) is 4. The van der Waals surface area contributed by atoms with Crippen molar-refractivity contribution in [2.24, 2.45) is 5.73 Å². The van der Waals surface area contributed by atoms with Gasteiger partial charge in [0.05, 0.1) is 12.3 Å². The Kier molecular flexibility index (Phi) is 6.87. The number of nitrogens with one attached hydrogen (secondary N) is 2. The topological polar surface area (TPSA) is 122 Å². The number of ether oxygens (including phenoxy) is 1. The number of benzene rings is 1. The van der Waals surface area contributed by atoms with E-state index in [1.165, 1.54) is 10.6 Å². The monoisotopic (exact) mass is 364 g/mol. The van der Waals surface area contributed by atoms with Crippen LogP contribution >= 0.6 is 12.2 Å². The van der Waals surface area contributed by atoms with Gasteiger partial charge in [0.15, 0.2) is 4.77 Å². The zero-order chi connectivity index (χ0) is 18.2. The van der Waals surface area contributed by atoms with Crippen molar-refractivity contribution in [3.8, 4) is 17.0 Å². The molecule has 0 aliphatic carbocycles. The van der Waals surface area contributed by atoms with Gasteiger partial charge < -0.3 is 25.5 Å². The lowest BCUT2D eigenvalue weighted by molar-refractivity contribution is -0.121. The van der Waals surface area contributed by atoms with E-state index in [4.69, 9.17) is 27.8 Å². The summed E-state index contributed by atoms with van der Waals surface area (Å²) in [5.74, 6) is 0.205. The van der Waals surface area contributed by atoms with Gasteiger partial charge in [-0.15, -0.1) is 0 Å². The summed E-state index contributed by atoms with van der Waals surface area (Å²) in [6.45, 7) is 0.573. The van der Waals surface area contributed by atoms with Crippen molar-refractivity contribution in [3.63, 3.8) is 0 Å². The minimum atomic E-state index is -0.379. The molecule has 0 aliphatic rings. The van der Waals surface area contributed by atoms with Gasteiger partial charge in [-0.25, -0.2) is 0 Å². The number of carbonyl (C=O) groups is 1. The van der Waals surface area contributed by atoms with Crippen LogP contribution in [0.5, 0.6) is 5.75 Å². The molecule has 1 heterocycles. The maximum Gasteiger partial charge on any atom is 0.252 e. The van der Waals surface area contributed by atoms with Crippen LogP contribution < -0.4 is 21.3 Å². The number of rotatable bonds is 8. The van der Waals surface area contributed by atoms with E-state index >= 15 is 0 Å². The number of nitrogens with two attached hydrogens (primary N) is 1. The number of aromatic nitrogens is 2. The van der Waals surface area contributed by atoms with E-state index in [2.05, 4.69) is 10.3 Å². The lowest BCUT2D eigenvalue weighted by atomic mass is 10.1. The van der Waals surface area contributed by atoms with E-state index in [1.807, 2.05) is 0 Å². The van der Waals surface area contributed by atoms with Crippen LogP contribution in [0.1, 0.15) is 0 Å². The van der Waals surface area contributed by atoms with Gasteiger partial charge in [-0.1, -0.05) is 12.1 Å². The molecule has 2 aromatic rings. The van der Waals surface area contributed by atoms with E-state index in [9.17, 15) is 9.59 Å². The third kappa shape index (κ3) is 4.99. The zero-order valence-electron chi connectivity index (χ0n) is 13.5. The highest BCUT2D eigenvalue weighted by molar-refractivity contribution is 7.71. The van der Waals surface area contributed by atoms with Crippen molar-refractivity contribution >= 4 is 18.1 Å². The average molecular weight is 364 g/mol. The van der Waals surface area contributed by atoms with E-state index in [1.54, 1.807) is 24.3 Å². The van der Waals surface area contributed by atoms with Crippen molar-refractivity contribution in [1.82, 2.24) is 14.9 Å². The summed E-state index contributed by atoms with van der Waals surface area (Å²) in [5.41, 5.74) is 6.05. The van der Waals surface area contributed by atoms with Crippen molar-refractivity contribution in [2.45, 2.75) is 6.54 Å². The fourth-order valence-electron chi connectivity index (χ4n) is 2.27. The number of nitrogens with zero attached hydrogens (tertiary/aromatic N) is 1. The van der Waals surface area contributed by atoms with Crippen LogP contribution in [0.2, 0.25) is 0 Å². The van der Waals surface area contributed by atoms with E-state index in [0.29, 0.717) is 30.1 Å². The number of aromatic amines is 1. The van der Waals surface area contributed by atoms with E-state index in [-0.39, 0.29) is 36.0 Å². The van der Waals surface area contributed by atoms with Gasteiger partial charge >= 0.3 is 0 Å². The standard InChI is InChI=1S/C16H20N4O4S/c17-5-6-18-15(23)10-20-12(9-14(22)19-16(20)25)11-3-1-2-4-13(11)24-8-7-21/h1-4,9,21H,5-8,10,17H2,(H,18,23)(H,19,22,25). The second kappa shape index (κ2) is 9.11. The van der Waals surface area contributed by atoms with Crippen LogP contribution in [0.25, 0.3) is 11.3 Å². The van der Waals surface area contributed by atoms with Gasteiger partial charge in [0, 0.05) is 24.7 Å². The predicted octanol–water partition coefficient (Wildman–Crippen LogP) is 0.0189. The number of carbonyl (C=O) groups excluding carboxylic acids is 1. The van der Waals surface area contributed by atoms with Crippen LogP contribution in [0.3, 0.4) is 0 Å². The molecule has 25 heavy (non-hydrogen) atoms. The van der Waals surface area contributed by atoms with Crippen molar-refractivity contribution in [2.75, 3.05) is 26.3 Å². The molecule has 0 bridgehead atoms. The Balaban J connectivity index is 2.49. The normalized spacial score (nSPS) is 10.5. The molecule has 2 rings (SSSR count). The Morgan fingerprint density at radius 1 is 1.40 bits per heavy atom. The molecule has 0 atom stereocenters. The van der Waals surface area contributed by atoms with Gasteiger partial charge in [0.25, 0.3) is 5.56 Å². The van der Waals surface area contributed by atoms with Crippen LogP contribution in [0.4, 0.5) is 0 Å². The molecule has 9 heteroatoms. The smallest absolute Gasteiger partial charge is 0.252 e. The molecule has 1 aromatic heterocycles. The predicted molar refractivity (Wildman–Crippen MR) is 96.0 cm³/mol. The lowest BCUT2D eigenvalue weighted by Gasteiger charge is -2.16. The average Bonchev–Trinajstić information content (AvgIpc) is 2.60. The van der Waals surface area contributed by atoms with Gasteiger partial charge in [-0.2, -0.15) is 0 Å². The highest BCUT2D eigenvalue weighted by atomic mass is 32.1. The number of amides is 1. The summed E-state index contributed by atoms with van der Waals surface area (Å²) < 4.78 is 7.16. The fourth-order valence-corrected chi connectivity index (χ4v) is 2.53. The highest BCUT2D eigenvalue weighted by Crippen LogP contribution is 2.29. The third-order valence-electron chi connectivity index (χ3n) is 3.31. The molecular formula is C16H20N4O4S. The Bertz CT molecular complexity index is 847. The maximum absolute atomic E-state index is 12.1. The number of hydrogen-bond acceptors (Lipinski definition) is 6. The largest absolute Gasteiger partial charge is 0.490 e. The molecule has 1 amide bonds. The molecule has 8 nitrogen and oxygen atoms in total. The summed E-state index contributed by atoms with van der Waals surface area (Å²) in [6, 6.07) is 8.38. The Morgan fingerprint density at radius 3 is 2.88 bits per heavy atom. The first-order valence-electron chi connectivity index (χ1n) is 7.70. The minimum Gasteiger partial charge on any atom is -0.490 e. The second-order valence-electron chi connectivity index (χ2n) is 5.12. The molecule has 0 spiro atoms. The summed E-state index contributed by atoms with van der Waals surface area (Å²) in [4.78, 5) is 26.5. The molecule has 0 unspecified atom stereocenters. The summed E-state index contributed by atoms with van der Waals surface area (Å²) in [7, 11) is 0. The zero-order valence-corrected chi connectivity index (χ0v) is 14.3. The highest BCUT2D eigenvalue weighted by Gasteiger charge is 2.14. The quantitative estimate of drug-likeness (QED) is 0.490. The van der Waals surface area contributed by atoms with Crippen LogP contribution in [0, 0.1) is 4.77 Å². The van der Waals surface area contributed by atoms with Crippen LogP contribution in [-0.4, -0.2) is 46.9 Å². The first-order valence-corrected chi connectivity index (χ1v) is 8.11. The van der Waals surface area contributed by atoms with E-state index in [0.717, 1.165) is 0 Å². The number of H-pyrrole nitrogens is 1. The molecule has 0 aliphatic heterocycles. The molecule has 0 radical (unpaired) electrons. The minimum absolute atomic E-state index is 0.0702. The van der Waals surface area contributed by atoms with Gasteiger partial charge in [0.1, 0.15) is 18.9 Å². The van der Waals surface area contributed by atoms with E-state index < -0.39 is 0 Å². The summed E-state index contributed by atoms with van der Waals surface area (Å²) >= 11 is 5.21. The molecule has 134 valence electrons. The number of aliphatic hydroxyl groups excluding tert-OH is 1. The van der Waals surface area contributed by atoms with Crippen molar-refractivity contribution in [3.05, 3.63) is 45.5 Å². The van der Waals surface area contributed by atoms with Gasteiger partial charge in [-0.3, -0.25) is 14.6 Å². The first kappa shape index (κ1) is 18.8. The van der Waals surface area contributed by atoms with Gasteiger partial charge in [-0.05, 0) is 24.4 Å². The van der Waals surface area contributed by atoms with Crippen molar-refractivity contribution in [1.29, 1.82) is 0 Å². The Morgan fingerprint density at radius 2 is 2.16 bits per heavy atom. The summed E-state index contributed by atoms with van der Waals surface area (Å²) in [6.07, 6.45) is 0. The van der Waals surface area contributed by atoms with Crippen LogP contribution in [-0.2, 0) is 11.3 Å². The lowest BCUT2D eigenvalue weighted by Crippen LogP contribution is -2.33. The SMILES string of the molecule is NCCNC(=O)Cn1c(-c2ccccc2OCCO)cc(=O)[nH]c1=S. The summed E-state index contributed by atoms with van der Waals surface area (Å²) in [5, 5.41) is 11.6. The molecule has 0 saturated carbocycles. The number of para-hydroxylation sites is 1. The Hall–Kier alpha value is -2.49. The van der Waals surface area contributed by atoms with Crippen molar-refractivity contribution < 1.29 is 14.6 Å². The molecule has 0 fully saturated rings. The molecule has 0 saturated heterocycles. The second-order valence-corrected chi connectivity index (χ2v) is 5.50. The maximum atomic E-state index is 12.1. The number of aliphatic hydroxyl groups is 1. The Labute approximate surface area is 149 Å². The molecule has 5 N–H and O–H groups in total.